The van der Waals surface area contributed by atoms with E-state index in [1.807, 2.05) is 0 Å². The van der Waals surface area contributed by atoms with E-state index >= 15 is 0 Å². The Morgan fingerprint density at radius 3 is 2.50 bits per heavy atom. The lowest BCUT2D eigenvalue weighted by molar-refractivity contribution is -0.0498. The van der Waals surface area contributed by atoms with Crippen LogP contribution in [0, 0.1) is 0 Å². The van der Waals surface area contributed by atoms with Gasteiger partial charge in [-0.15, -0.1) is 0 Å². The first kappa shape index (κ1) is 14.4. The second-order valence-electron chi connectivity index (χ2n) is 4.00. The van der Waals surface area contributed by atoms with Crippen molar-refractivity contribution in [2.45, 2.75) is 13.2 Å². The number of phenols is 1. The summed E-state index contributed by atoms with van der Waals surface area (Å²) in [6, 6.07) is 11.2. The second kappa shape index (κ2) is 6.43. The van der Waals surface area contributed by atoms with Gasteiger partial charge in [0.05, 0.1) is 5.02 Å². The monoisotopic (exact) mass is 299 g/mol. The molecule has 2 N–H and O–H groups in total. The first-order chi connectivity index (χ1) is 9.56. The summed E-state index contributed by atoms with van der Waals surface area (Å²) in [7, 11) is 0. The predicted molar refractivity (Wildman–Crippen MR) is 73.5 cm³/mol. The molecular formula is C14H12ClF2NO2. The highest BCUT2D eigenvalue weighted by atomic mass is 35.5. The van der Waals surface area contributed by atoms with Crippen molar-refractivity contribution in [2.75, 3.05) is 5.32 Å². The highest BCUT2D eigenvalue weighted by Gasteiger charge is 2.06. The van der Waals surface area contributed by atoms with E-state index in [2.05, 4.69) is 10.1 Å². The number of ether oxygens (including phenoxy) is 1. The molecule has 6 heteroatoms. The van der Waals surface area contributed by atoms with Crippen LogP contribution in [0.5, 0.6) is 11.5 Å². The summed E-state index contributed by atoms with van der Waals surface area (Å²) in [6.45, 7) is -2.47. The summed E-state index contributed by atoms with van der Waals surface area (Å²) in [5.74, 6) is 0.121. The molecule has 0 saturated heterocycles. The minimum Gasteiger partial charge on any atom is -0.506 e. The Morgan fingerprint density at radius 1 is 1.15 bits per heavy atom. The van der Waals surface area contributed by atoms with Gasteiger partial charge in [-0.1, -0.05) is 23.7 Å². The fraction of sp³-hybridized carbons (Fsp3) is 0.143. The molecule has 0 spiro atoms. The largest absolute Gasteiger partial charge is 0.506 e. The molecule has 0 aromatic heterocycles. The Hall–Kier alpha value is -2.01. The summed E-state index contributed by atoms with van der Waals surface area (Å²) >= 11 is 5.80. The smallest absolute Gasteiger partial charge is 0.387 e. The van der Waals surface area contributed by atoms with E-state index < -0.39 is 6.61 Å². The van der Waals surface area contributed by atoms with Crippen LogP contribution in [0.15, 0.2) is 42.5 Å². The number of benzene rings is 2. The van der Waals surface area contributed by atoms with E-state index in [0.29, 0.717) is 17.8 Å². The Balaban J connectivity index is 1.99. The topological polar surface area (TPSA) is 41.5 Å². The molecule has 2 rings (SSSR count). The third kappa shape index (κ3) is 3.74. The van der Waals surface area contributed by atoms with Crippen molar-refractivity contribution in [2.24, 2.45) is 0 Å². The second-order valence-corrected chi connectivity index (χ2v) is 4.41. The minimum atomic E-state index is -2.84. The average Bonchev–Trinajstić information content (AvgIpc) is 2.41. The van der Waals surface area contributed by atoms with Crippen molar-refractivity contribution in [1.29, 1.82) is 0 Å². The van der Waals surface area contributed by atoms with Crippen molar-refractivity contribution in [3.63, 3.8) is 0 Å². The summed E-state index contributed by atoms with van der Waals surface area (Å²) in [5.41, 5.74) is 1.36. The number of nitrogens with one attached hydrogen (secondary N) is 1. The zero-order valence-electron chi connectivity index (χ0n) is 10.3. The summed E-state index contributed by atoms with van der Waals surface area (Å²) in [4.78, 5) is 0. The number of aromatic hydroxyl groups is 1. The lowest BCUT2D eigenvalue weighted by Gasteiger charge is -2.10. The molecule has 0 amide bonds. The number of rotatable bonds is 5. The van der Waals surface area contributed by atoms with Crippen LogP contribution in [0.4, 0.5) is 14.5 Å². The van der Waals surface area contributed by atoms with Gasteiger partial charge in [-0.05, 0) is 30.3 Å². The number of hydrogen-bond acceptors (Lipinski definition) is 3. The van der Waals surface area contributed by atoms with Gasteiger partial charge in [-0.2, -0.15) is 8.78 Å². The van der Waals surface area contributed by atoms with Crippen molar-refractivity contribution in [3.8, 4) is 11.5 Å². The van der Waals surface area contributed by atoms with Gasteiger partial charge >= 0.3 is 6.61 Å². The molecule has 0 bridgehead atoms. The van der Waals surface area contributed by atoms with Gasteiger partial charge in [0.15, 0.2) is 0 Å². The molecule has 0 fully saturated rings. The van der Waals surface area contributed by atoms with Crippen LogP contribution in [0.3, 0.4) is 0 Å². The molecule has 0 unspecified atom stereocenters. The maximum atomic E-state index is 12.0. The molecular weight excluding hydrogens is 288 g/mol. The van der Waals surface area contributed by atoms with Crippen molar-refractivity contribution < 1.29 is 18.6 Å². The quantitative estimate of drug-likeness (QED) is 0.867. The Morgan fingerprint density at radius 2 is 1.85 bits per heavy atom. The number of phenolic OH excluding ortho intramolecular Hbond substituents is 1. The molecule has 0 aliphatic carbocycles. The lowest BCUT2D eigenvalue weighted by atomic mass is 10.2. The number of halogens is 3. The maximum Gasteiger partial charge on any atom is 0.387 e. The summed E-state index contributed by atoms with van der Waals surface area (Å²) in [5, 5.41) is 13.1. The first-order valence-electron chi connectivity index (χ1n) is 5.81. The van der Waals surface area contributed by atoms with Gasteiger partial charge in [0.2, 0.25) is 0 Å². The van der Waals surface area contributed by atoms with E-state index in [4.69, 9.17) is 11.6 Å². The fourth-order valence-corrected chi connectivity index (χ4v) is 1.85. The van der Waals surface area contributed by atoms with E-state index in [0.717, 1.165) is 0 Å². The highest BCUT2D eigenvalue weighted by Crippen LogP contribution is 2.27. The minimum absolute atomic E-state index is 0.0271. The van der Waals surface area contributed by atoms with E-state index in [-0.39, 0.29) is 16.5 Å². The molecule has 20 heavy (non-hydrogen) atoms. The van der Waals surface area contributed by atoms with Crippen LogP contribution in [-0.2, 0) is 6.54 Å². The average molecular weight is 300 g/mol. The summed E-state index contributed by atoms with van der Waals surface area (Å²) < 4.78 is 28.2. The standard InChI is InChI=1S/C14H12ClF2NO2/c15-12-3-1-2-9(13(12)19)8-18-10-4-6-11(7-5-10)20-14(16)17/h1-7,14,18-19H,8H2. The molecule has 2 aromatic carbocycles. The molecule has 3 nitrogen and oxygen atoms in total. The van der Waals surface area contributed by atoms with Crippen LogP contribution in [0.25, 0.3) is 0 Å². The van der Waals surface area contributed by atoms with Gasteiger partial charge in [-0.25, -0.2) is 0 Å². The zero-order chi connectivity index (χ0) is 14.5. The zero-order valence-corrected chi connectivity index (χ0v) is 11.1. The molecule has 0 aliphatic heterocycles. The Bertz CT molecular complexity index is 576. The highest BCUT2D eigenvalue weighted by molar-refractivity contribution is 6.32. The third-order valence-electron chi connectivity index (χ3n) is 2.63. The SMILES string of the molecule is Oc1c(Cl)cccc1CNc1ccc(OC(F)F)cc1. The van der Waals surface area contributed by atoms with Gasteiger partial charge in [0.25, 0.3) is 0 Å². The van der Waals surface area contributed by atoms with Crippen LogP contribution in [0.1, 0.15) is 5.56 Å². The third-order valence-corrected chi connectivity index (χ3v) is 2.94. The van der Waals surface area contributed by atoms with Crippen LogP contribution in [0.2, 0.25) is 5.02 Å². The van der Waals surface area contributed by atoms with E-state index in [9.17, 15) is 13.9 Å². The number of para-hydroxylation sites is 1. The molecule has 0 radical (unpaired) electrons. The Kier molecular flexibility index (Phi) is 4.63. The lowest BCUT2D eigenvalue weighted by Crippen LogP contribution is -2.02. The number of hydrogen-bond donors (Lipinski definition) is 2. The number of anilines is 1. The molecule has 0 heterocycles. The fourth-order valence-electron chi connectivity index (χ4n) is 1.65. The summed E-state index contributed by atoms with van der Waals surface area (Å²) in [6.07, 6.45) is 0. The van der Waals surface area contributed by atoms with Crippen LogP contribution in [-0.4, -0.2) is 11.7 Å². The van der Waals surface area contributed by atoms with E-state index in [1.54, 1.807) is 30.3 Å². The normalized spacial score (nSPS) is 10.6. The van der Waals surface area contributed by atoms with Gasteiger partial charge in [-0.3, -0.25) is 0 Å². The molecule has 0 atom stereocenters. The van der Waals surface area contributed by atoms with Gasteiger partial charge in [0, 0.05) is 17.8 Å². The first-order valence-corrected chi connectivity index (χ1v) is 6.19. The van der Waals surface area contributed by atoms with Crippen molar-refractivity contribution in [3.05, 3.63) is 53.1 Å². The molecule has 0 saturated carbocycles. The predicted octanol–water partition coefficient (Wildman–Crippen LogP) is 4.26. The van der Waals surface area contributed by atoms with Crippen LogP contribution >= 0.6 is 11.6 Å². The van der Waals surface area contributed by atoms with Crippen LogP contribution < -0.4 is 10.1 Å². The maximum absolute atomic E-state index is 12.0. The van der Waals surface area contributed by atoms with Gasteiger partial charge < -0.3 is 15.2 Å². The molecule has 106 valence electrons. The molecule has 0 aliphatic rings. The Labute approximate surface area is 119 Å². The number of alkyl halides is 2. The van der Waals surface area contributed by atoms with Crippen molar-refractivity contribution >= 4 is 17.3 Å². The van der Waals surface area contributed by atoms with Gasteiger partial charge in [0.1, 0.15) is 11.5 Å². The van der Waals surface area contributed by atoms with Crippen molar-refractivity contribution in [1.82, 2.24) is 0 Å². The molecule has 2 aromatic rings. The van der Waals surface area contributed by atoms with E-state index in [1.165, 1.54) is 12.1 Å².